The average Bonchev–Trinajstić information content (AvgIpc) is 2.71. The van der Waals surface area contributed by atoms with Gasteiger partial charge in [-0.2, -0.15) is 0 Å². The van der Waals surface area contributed by atoms with Crippen LogP contribution in [-0.2, 0) is 6.54 Å². The molecule has 0 fully saturated rings. The van der Waals surface area contributed by atoms with Gasteiger partial charge in [-0.25, -0.2) is 4.79 Å². The van der Waals surface area contributed by atoms with E-state index in [-0.39, 0.29) is 11.7 Å². The Morgan fingerprint density at radius 3 is 2.65 bits per heavy atom. The van der Waals surface area contributed by atoms with Crippen molar-refractivity contribution in [3.63, 3.8) is 0 Å². The lowest BCUT2D eigenvalue weighted by molar-refractivity contribution is 0.574. The topological polar surface area (TPSA) is 52.9 Å². The predicted octanol–water partition coefficient (Wildman–Crippen LogP) is 1.68. The molecule has 0 aliphatic heterocycles. The van der Waals surface area contributed by atoms with Crippen LogP contribution in [0.25, 0.3) is 5.69 Å². The van der Waals surface area contributed by atoms with Gasteiger partial charge >= 0.3 is 5.69 Å². The average molecular weight is 231 g/mol. The van der Waals surface area contributed by atoms with Gasteiger partial charge < -0.3 is 5.73 Å². The summed E-state index contributed by atoms with van der Waals surface area (Å²) in [5, 5.41) is 0. The Morgan fingerprint density at radius 1 is 1.29 bits per heavy atom. The van der Waals surface area contributed by atoms with Gasteiger partial charge in [-0.1, -0.05) is 12.1 Å². The van der Waals surface area contributed by atoms with Gasteiger partial charge in [0.1, 0.15) is 0 Å². The molecule has 4 nitrogen and oxygen atoms in total. The summed E-state index contributed by atoms with van der Waals surface area (Å²) in [7, 11) is 0. The lowest BCUT2D eigenvalue weighted by Gasteiger charge is -2.06. The summed E-state index contributed by atoms with van der Waals surface area (Å²) in [6.45, 7) is 4.46. The number of aromatic nitrogens is 2. The summed E-state index contributed by atoms with van der Waals surface area (Å²) < 4.78 is 3.34. The van der Waals surface area contributed by atoms with Gasteiger partial charge in [0.05, 0.1) is 5.69 Å². The molecule has 2 aromatic rings. The molecule has 0 aliphatic rings. The standard InChI is InChI=1S/C13H17N3O/c1-10(2)15-6-7-16(13(15)17)12-5-3-4-11(8-12)9-14/h3-8,10H,9,14H2,1-2H3. The van der Waals surface area contributed by atoms with Crippen LogP contribution in [0.1, 0.15) is 25.5 Å². The molecule has 0 saturated carbocycles. The van der Waals surface area contributed by atoms with Crippen LogP contribution < -0.4 is 11.4 Å². The second kappa shape index (κ2) is 4.59. The summed E-state index contributed by atoms with van der Waals surface area (Å²) in [5.41, 5.74) is 7.46. The first-order valence-corrected chi connectivity index (χ1v) is 5.72. The Labute approximate surface area is 100 Å². The van der Waals surface area contributed by atoms with Gasteiger partial charge in [0, 0.05) is 25.0 Å². The highest BCUT2D eigenvalue weighted by Gasteiger charge is 2.07. The highest BCUT2D eigenvalue weighted by atomic mass is 16.1. The van der Waals surface area contributed by atoms with Crippen LogP contribution in [-0.4, -0.2) is 9.13 Å². The Morgan fingerprint density at radius 2 is 2.06 bits per heavy atom. The largest absolute Gasteiger partial charge is 0.332 e. The molecule has 1 aromatic carbocycles. The predicted molar refractivity (Wildman–Crippen MR) is 68.3 cm³/mol. The smallest absolute Gasteiger partial charge is 0.326 e. The second-order valence-electron chi connectivity index (χ2n) is 4.33. The van der Waals surface area contributed by atoms with Crippen molar-refractivity contribution in [3.05, 3.63) is 52.7 Å². The third-order valence-corrected chi connectivity index (χ3v) is 2.78. The van der Waals surface area contributed by atoms with E-state index in [4.69, 9.17) is 5.73 Å². The van der Waals surface area contributed by atoms with Crippen molar-refractivity contribution in [3.8, 4) is 5.69 Å². The maximum atomic E-state index is 12.1. The molecule has 0 spiro atoms. The summed E-state index contributed by atoms with van der Waals surface area (Å²) in [4.78, 5) is 12.1. The summed E-state index contributed by atoms with van der Waals surface area (Å²) >= 11 is 0. The monoisotopic (exact) mass is 231 g/mol. The zero-order chi connectivity index (χ0) is 12.4. The fraction of sp³-hybridized carbons (Fsp3) is 0.308. The molecular weight excluding hydrogens is 214 g/mol. The highest BCUT2D eigenvalue weighted by molar-refractivity contribution is 5.35. The minimum absolute atomic E-state index is 0.0193. The maximum Gasteiger partial charge on any atom is 0.332 e. The van der Waals surface area contributed by atoms with E-state index in [2.05, 4.69) is 0 Å². The molecule has 1 aromatic heterocycles. The van der Waals surface area contributed by atoms with Crippen LogP contribution in [0.15, 0.2) is 41.5 Å². The van der Waals surface area contributed by atoms with E-state index in [9.17, 15) is 4.79 Å². The normalized spacial score (nSPS) is 11.1. The molecule has 17 heavy (non-hydrogen) atoms. The summed E-state index contributed by atoms with van der Waals surface area (Å²) in [6.07, 6.45) is 3.60. The second-order valence-corrected chi connectivity index (χ2v) is 4.33. The van der Waals surface area contributed by atoms with Crippen LogP contribution >= 0.6 is 0 Å². The van der Waals surface area contributed by atoms with Crippen LogP contribution in [0.4, 0.5) is 0 Å². The lowest BCUT2D eigenvalue weighted by Crippen LogP contribution is -2.24. The van der Waals surface area contributed by atoms with Gasteiger partial charge in [0.15, 0.2) is 0 Å². The zero-order valence-electron chi connectivity index (χ0n) is 10.1. The van der Waals surface area contributed by atoms with Crippen molar-refractivity contribution in [1.29, 1.82) is 0 Å². The van der Waals surface area contributed by atoms with E-state index >= 15 is 0 Å². The highest BCUT2D eigenvalue weighted by Crippen LogP contribution is 2.09. The van der Waals surface area contributed by atoms with E-state index in [1.165, 1.54) is 0 Å². The Kier molecular flexibility index (Phi) is 3.15. The first-order valence-electron chi connectivity index (χ1n) is 5.72. The van der Waals surface area contributed by atoms with Crippen molar-refractivity contribution in [2.45, 2.75) is 26.4 Å². The molecule has 2 N–H and O–H groups in total. The van der Waals surface area contributed by atoms with E-state index < -0.39 is 0 Å². The molecule has 0 bridgehead atoms. The quantitative estimate of drug-likeness (QED) is 0.873. The Bertz CT molecular complexity index is 566. The van der Waals surface area contributed by atoms with Gasteiger partial charge in [0.25, 0.3) is 0 Å². The van der Waals surface area contributed by atoms with Crippen molar-refractivity contribution in [2.75, 3.05) is 0 Å². The molecule has 1 heterocycles. The molecule has 2 rings (SSSR count). The molecular formula is C13H17N3O. The maximum absolute atomic E-state index is 12.1. The van der Waals surface area contributed by atoms with Gasteiger partial charge in [0.2, 0.25) is 0 Å². The molecule has 0 amide bonds. The molecule has 0 saturated heterocycles. The van der Waals surface area contributed by atoms with Crippen LogP contribution in [0.3, 0.4) is 0 Å². The Hall–Kier alpha value is -1.81. The number of imidazole rings is 1. The number of nitrogens with zero attached hydrogens (tertiary/aromatic N) is 2. The number of benzene rings is 1. The van der Waals surface area contributed by atoms with Crippen LogP contribution in [0.5, 0.6) is 0 Å². The fourth-order valence-corrected chi connectivity index (χ4v) is 1.81. The van der Waals surface area contributed by atoms with Crippen molar-refractivity contribution in [1.82, 2.24) is 9.13 Å². The first kappa shape index (κ1) is 11.7. The van der Waals surface area contributed by atoms with Crippen LogP contribution in [0, 0.1) is 0 Å². The third kappa shape index (κ3) is 2.17. The molecule has 0 aliphatic carbocycles. The van der Waals surface area contributed by atoms with Gasteiger partial charge in [-0.15, -0.1) is 0 Å². The Balaban J connectivity index is 2.50. The van der Waals surface area contributed by atoms with Crippen molar-refractivity contribution < 1.29 is 0 Å². The lowest BCUT2D eigenvalue weighted by atomic mass is 10.2. The molecule has 0 radical (unpaired) electrons. The number of hydrogen-bond acceptors (Lipinski definition) is 2. The van der Waals surface area contributed by atoms with E-state index in [0.717, 1.165) is 11.3 Å². The van der Waals surface area contributed by atoms with Gasteiger partial charge in [-0.3, -0.25) is 9.13 Å². The number of hydrogen-bond donors (Lipinski definition) is 1. The molecule has 90 valence electrons. The number of rotatable bonds is 3. The van der Waals surface area contributed by atoms with E-state index in [0.29, 0.717) is 6.54 Å². The van der Waals surface area contributed by atoms with Gasteiger partial charge in [-0.05, 0) is 31.5 Å². The molecule has 0 unspecified atom stereocenters. The molecule has 4 heteroatoms. The minimum Gasteiger partial charge on any atom is -0.326 e. The summed E-state index contributed by atoms with van der Waals surface area (Å²) in [5.74, 6) is 0. The van der Waals surface area contributed by atoms with Crippen molar-refractivity contribution in [2.24, 2.45) is 5.73 Å². The summed E-state index contributed by atoms with van der Waals surface area (Å²) in [6, 6.07) is 7.88. The minimum atomic E-state index is -0.0193. The van der Waals surface area contributed by atoms with Crippen LogP contribution in [0.2, 0.25) is 0 Å². The van der Waals surface area contributed by atoms with E-state index in [1.54, 1.807) is 15.3 Å². The third-order valence-electron chi connectivity index (χ3n) is 2.78. The van der Waals surface area contributed by atoms with E-state index in [1.807, 2.05) is 44.3 Å². The fourth-order valence-electron chi connectivity index (χ4n) is 1.81. The number of nitrogens with two attached hydrogens (primary N) is 1. The zero-order valence-corrected chi connectivity index (χ0v) is 10.1. The SMILES string of the molecule is CC(C)n1ccn(-c2cccc(CN)c2)c1=O. The first-order chi connectivity index (χ1) is 8.13. The van der Waals surface area contributed by atoms with Crippen molar-refractivity contribution >= 4 is 0 Å². The molecule has 0 atom stereocenters.